The molecule has 0 N–H and O–H groups in total. The van der Waals surface area contributed by atoms with E-state index in [1.165, 1.54) is 13.2 Å². The number of ether oxygens (including phenoxy) is 2. The molecule has 4 rings (SSSR count). The van der Waals surface area contributed by atoms with Gasteiger partial charge in [0.25, 0.3) is 0 Å². The zero-order chi connectivity index (χ0) is 18.3. The molecule has 1 aliphatic rings. The molecular formula is C20H17NO5. The van der Waals surface area contributed by atoms with Gasteiger partial charge in [0.1, 0.15) is 11.3 Å². The second kappa shape index (κ2) is 6.22. The average molecular weight is 351 g/mol. The molecule has 0 atom stereocenters. The summed E-state index contributed by atoms with van der Waals surface area (Å²) in [5.74, 6) is 0.309. The molecule has 0 spiro atoms. The third kappa shape index (κ3) is 2.69. The van der Waals surface area contributed by atoms with Crippen molar-refractivity contribution >= 4 is 22.6 Å². The van der Waals surface area contributed by atoms with Crippen LogP contribution in [0.1, 0.15) is 21.5 Å². The van der Waals surface area contributed by atoms with Crippen molar-refractivity contribution in [2.75, 3.05) is 18.7 Å². The molecule has 0 saturated carbocycles. The zero-order valence-corrected chi connectivity index (χ0v) is 14.4. The van der Waals surface area contributed by atoms with Crippen LogP contribution in [0.4, 0.5) is 5.69 Å². The summed E-state index contributed by atoms with van der Waals surface area (Å²) in [4.78, 5) is 25.6. The summed E-state index contributed by atoms with van der Waals surface area (Å²) in [5.41, 5.74) is 3.14. The standard InChI is InChI=1S/C20H17NO5/c1-12-8-18(22)26-19-15(12)6-7-17-16(19)10-21(11-25-17)14-5-3-4-13(9-14)20(23)24-2/h3-9H,10-11H2,1-2H3. The fourth-order valence-electron chi connectivity index (χ4n) is 3.20. The van der Waals surface area contributed by atoms with Crippen LogP contribution in [0.5, 0.6) is 5.75 Å². The van der Waals surface area contributed by atoms with E-state index >= 15 is 0 Å². The van der Waals surface area contributed by atoms with Crippen molar-refractivity contribution in [2.45, 2.75) is 13.5 Å². The Balaban J connectivity index is 1.77. The van der Waals surface area contributed by atoms with E-state index < -0.39 is 5.97 Å². The third-order valence-corrected chi connectivity index (χ3v) is 4.54. The van der Waals surface area contributed by atoms with Gasteiger partial charge in [-0.15, -0.1) is 0 Å². The molecule has 0 fully saturated rings. The highest BCUT2D eigenvalue weighted by atomic mass is 16.5. The summed E-state index contributed by atoms with van der Waals surface area (Å²) >= 11 is 0. The number of carbonyl (C=O) groups is 1. The number of benzene rings is 2. The Labute approximate surface area is 149 Å². The maximum atomic E-state index is 11.8. The Kier molecular flexibility index (Phi) is 3.88. The minimum absolute atomic E-state index is 0.333. The molecule has 0 unspecified atom stereocenters. The molecule has 2 aromatic carbocycles. The number of esters is 1. The summed E-state index contributed by atoms with van der Waals surface area (Å²) < 4.78 is 16.1. The normalized spacial score (nSPS) is 13.2. The maximum Gasteiger partial charge on any atom is 0.337 e. The molecule has 6 nitrogen and oxygen atoms in total. The van der Waals surface area contributed by atoms with E-state index in [4.69, 9.17) is 13.9 Å². The van der Waals surface area contributed by atoms with Crippen LogP contribution in [0.25, 0.3) is 11.0 Å². The Morgan fingerprint density at radius 3 is 2.85 bits per heavy atom. The van der Waals surface area contributed by atoms with Crippen LogP contribution in [-0.4, -0.2) is 19.8 Å². The smallest absolute Gasteiger partial charge is 0.337 e. The fourth-order valence-corrected chi connectivity index (χ4v) is 3.20. The predicted molar refractivity (Wildman–Crippen MR) is 96.7 cm³/mol. The van der Waals surface area contributed by atoms with Gasteiger partial charge in [-0.25, -0.2) is 9.59 Å². The summed E-state index contributed by atoms with van der Waals surface area (Å²) in [7, 11) is 1.35. The first-order valence-corrected chi connectivity index (χ1v) is 8.19. The Bertz CT molecular complexity index is 1070. The van der Waals surface area contributed by atoms with Crippen molar-refractivity contribution < 1.29 is 18.7 Å². The van der Waals surface area contributed by atoms with E-state index in [-0.39, 0.29) is 5.63 Å². The number of nitrogens with zero attached hydrogens (tertiary/aromatic N) is 1. The lowest BCUT2D eigenvalue weighted by Crippen LogP contribution is -2.32. The lowest BCUT2D eigenvalue weighted by molar-refractivity contribution is 0.0600. The van der Waals surface area contributed by atoms with Crippen molar-refractivity contribution in [2.24, 2.45) is 0 Å². The van der Waals surface area contributed by atoms with Crippen LogP contribution < -0.4 is 15.3 Å². The van der Waals surface area contributed by atoms with Crippen molar-refractivity contribution in [1.29, 1.82) is 0 Å². The van der Waals surface area contributed by atoms with Gasteiger partial charge in [0.2, 0.25) is 0 Å². The third-order valence-electron chi connectivity index (χ3n) is 4.54. The summed E-state index contributed by atoms with van der Waals surface area (Å²) in [6, 6.07) is 12.4. The van der Waals surface area contributed by atoms with Crippen molar-refractivity contribution in [3.05, 3.63) is 69.6 Å². The van der Waals surface area contributed by atoms with Gasteiger partial charge in [0.15, 0.2) is 6.73 Å². The van der Waals surface area contributed by atoms with E-state index in [2.05, 4.69) is 0 Å². The number of carbonyl (C=O) groups excluding carboxylic acids is 1. The molecule has 3 aromatic rings. The Hall–Kier alpha value is -3.28. The van der Waals surface area contributed by atoms with Gasteiger partial charge in [0, 0.05) is 17.1 Å². The lowest BCUT2D eigenvalue weighted by atomic mass is 10.0. The second-order valence-electron chi connectivity index (χ2n) is 6.18. The Morgan fingerprint density at radius 1 is 1.19 bits per heavy atom. The van der Waals surface area contributed by atoms with E-state index in [0.717, 1.165) is 22.2 Å². The SMILES string of the molecule is COC(=O)c1cccc(N2COc3ccc4c(C)cc(=O)oc4c3C2)c1. The number of anilines is 1. The van der Waals surface area contributed by atoms with Gasteiger partial charge < -0.3 is 18.8 Å². The van der Waals surface area contributed by atoms with Crippen LogP contribution in [0.15, 0.2) is 51.7 Å². The zero-order valence-electron chi connectivity index (χ0n) is 14.4. The molecule has 2 heterocycles. The highest BCUT2D eigenvalue weighted by molar-refractivity contribution is 5.90. The first-order valence-electron chi connectivity index (χ1n) is 8.19. The monoisotopic (exact) mass is 351 g/mol. The largest absolute Gasteiger partial charge is 0.473 e. The number of hydrogen-bond acceptors (Lipinski definition) is 6. The summed E-state index contributed by atoms with van der Waals surface area (Å²) in [6.07, 6.45) is 0. The van der Waals surface area contributed by atoms with Gasteiger partial charge in [-0.3, -0.25) is 0 Å². The molecule has 1 aromatic heterocycles. The molecule has 0 amide bonds. The van der Waals surface area contributed by atoms with Gasteiger partial charge >= 0.3 is 11.6 Å². The van der Waals surface area contributed by atoms with Crippen LogP contribution >= 0.6 is 0 Å². The highest BCUT2D eigenvalue weighted by Gasteiger charge is 2.23. The van der Waals surface area contributed by atoms with Crippen LogP contribution in [0, 0.1) is 6.92 Å². The van der Waals surface area contributed by atoms with Crippen molar-refractivity contribution in [3.63, 3.8) is 0 Å². The number of hydrogen-bond donors (Lipinski definition) is 0. The quantitative estimate of drug-likeness (QED) is 0.521. The molecular weight excluding hydrogens is 334 g/mol. The predicted octanol–water partition coefficient (Wildman–Crippen LogP) is 3.24. The highest BCUT2D eigenvalue weighted by Crippen LogP contribution is 2.34. The van der Waals surface area contributed by atoms with Crippen LogP contribution in [0.3, 0.4) is 0 Å². The second-order valence-corrected chi connectivity index (χ2v) is 6.18. The first kappa shape index (κ1) is 16.2. The van der Waals surface area contributed by atoms with E-state index in [1.54, 1.807) is 18.2 Å². The summed E-state index contributed by atoms with van der Waals surface area (Å²) in [5, 5.41) is 0.886. The first-order chi connectivity index (χ1) is 12.6. The number of rotatable bonds is 2. The Morgan fingerprint density at radius 2 is 2.04 bits per heavy atom. The maximum absolute atomic E-state index is 11.8. The number of methoxy groups -OCH3 is 1. The minimum atomic E-state index is -0.391. The van der Waals surface area contributed by atoms with Crippen molar-refractivity contribution in [3.8, 4) is 5.75 Å². The van der Waals surface area contributed by atoms with E-state index in [1.807, 2.05) is 30.0 Å². The lowest BCUT2D eigenvalue weighted by Gasteiger charge is -2.31. The van der Waals surface area contributed by atoms with Gasteiger partial charge in [-0.05, 0) is 42.8 Å². The van der Waals surface area contributed by atoms with Crippen LogP contribution in [0.2, 0.25) is 0 Å². The average Bonchev–Trinajstić information content (AvgIpc) is 2.66. The van der Waals surface area contributed by atoms with Crippen molar-refractivity contribution in [1.82, 2.24) is 0 Å². The summed E-state index contributed by atoms with van der Waals surface area (Å²) in [6.45, 7) is 2.72. The van der Waals surface area contributed by atoms with Crippen LogP contribution in [-0.2, 0) is 11.3 Å². The minimum Gasteiger partial charge on any atom is -0.473 e. The van der Waals surface area contributed by atoms with Gasteiger partial charge in [-0.1, -0.05) is 6.07 Å². The van der Waals surface area contributed by atoms with E-state index in [0.29, 0.717) is 30.2 Å². The molecule has 26 heavy (non-hydrogen) atoms. The molecule has 132 valence electrons. The van der Waals surface area contributed by atoms with Gasteiger partial charge in [0.05, 0.1) is 24.8 Å². The molecule has 0 bridgehead atoms. The van der Waals surface area contributed by atoms with Gasteiger partial charge in [-0.2, -0.15) is 0 Å². The number of aryl methyl sites for hydroxylation is 1. The molecule has 1 aliphatic heterocycles. The van der Waals surface area contributed by atoms with E-state index in [9.17, 15) is 9.59 Å². The molecule has 0 aliphatic carbocycles. The molecule has 0 radical (unpaired) electrons. The molecule has 6 heteroatoms. The fraction of sp³-hybridized carbons (Fsp3) is 0.200. The molecule has 0 saturated heterocycles. The number of fused-ring (bicyclic) bond motifs is 3. The topological polar surface area (TPSA) is 69.0 Å².